The molecule has 0 heterocycles. The van der Waals surface area contributed by atoms with Crippen molar-refractivity contribution in [2.75, 3.05) is 6.61 Å². The van der Waals surface area contributed by atoms with Gasteiger partial charge in [0, 0.05) is 0 Å². The third-order valence-corrected chi connectivity index (χ3v) is 7.05. The minimum Gasteiger partial charge on any atom is -0.394 e. The number of aryl methyl sites for hydroxylation is 1. The minimum atomic E-state index is -0.544. The van der Waals surface area contributed by atoms with Crippen LogP contribution in [0.4, 0.5) is 0 Å². The van der Waals surface area contributed by atoms with E-state index in [4.69, 9.17) is 0 Å². The van der Waals surface area contributed by atoms with E-state index >= 15 is 0 Å². The van der Waals surface area contributed by atoms with E-state index in [0.29, 0.717) is 11.8 Å². The van der Waals surface area contributed by atoms with Crippen molar-refractivity contribution in [3.8, 4) is 0 Å². The first-order valence-corrected chi connectivity index (χ1v) is 9.77. The molecule has 0 spiro atoms. The first kappa shape index (κ1) is 17.1. The van der Waals surface area contributed by atoms with Crippen LogP contribution in [-0.2, 0) is 10.2 Å². The molecule has 2 unspecified atom stereocenters. The fourth-order valence-electron chi connectivity index (χ4n) is 6.25. The molecule has 0 aliphatic heterocycles. The molecule has 4 aliphatic rings. The molecular formula is C22H31NO2. The van der Waals surface area contributed by atoms with Crippen LogP contribution in [0.15, 0.2) is 24.3 Å². The third kappa shape index (κ3) is 2.81. The summed E-state index contributed by atoms with van der Waals surface area (Å²) in [5, 5.41) is 12.7. The second kappa shape index (κ2) is 5.57. The summed E-state index contributed by atoms with van der Waals surface area (Å²) in [7, 11) is 0. The molecule has 4 saturated carbocycles. The van der Waals surface area contributed by atoms with Gasteiger partial charge in [0.05, 0.1) is 17.6 Å². The first-order chi connectivity index (χ1) is 11.8. The van der Waals surface area contributed by atoms with Crippen molar-refractivity contribution >= 4 is 5.91 Å². The molecule has 4 fully saturated rings. The Labute approximate surface area is 151 Å². The highest BCUT2D eigenvalue weighted by Gasteiger charge is 2.61. The van der Waals surface area contributed by atoms with E-state index in [0.717, 1.165) is 19.3 Å². The van der Waals surface area contributed by atoms with Gasteiger partial charge in [-0.25, -0.2) is 0 Å². The quantitative estimate of drug-likeness (QED) is 0.877. The van der Waals surface area contributed by atoms with Gasteiger partial charge in [-0.3, -0.25) is 4.79 Å². The zero-order chi connectivity index (χ0) is 17.9. The van der Waals surface area contributed by atoms with E-state index in [1.54, 1.807) is 0 Å². The second-order valence-electron chi connectivity index (χ2n) is 9.88. The van der Waals surface area contributed by atoms with Gasteiger partial charge in [0.15, 0.2) is 0 Å². The van der Waals surface area contributed by atoms with E-state index in [2.05, 4.69) is 36.5 Å². The van der Waals surface area contributed by atoms with E-state index in [1.165, 1.54) is 30.4 Å². The predicted molar refractivity (Wildman–Crippen MR) is 99.3 cm³/mol. The van der Waals surface area contributed by atoms with Crippen LogP contribution in [0.3, 0.4) is 0 Å². The fourth-order valence-corrected chi connectivity index (χ4v) is 6.25. The van der Waals surface area contributed by atoms with Gasteiger partial charge in [-0.15, -0.1) is 0 Å². The van der Waals surface area contributed by atoms with Gasteiger partial charge in [-0.05, 0) is 82.1 Å². The molecule has 1 amide bonds. The largest absolute Gasteiger partial charge is 0.394 e. The van der Waals surface area contributed by atoms with Crippen molar-refractivity contribution in [1.29, 1.82) is 0 Å². The Morgan fingerprint density at radius 3 is 2.32 bits per heavy atom. The molecule has 2 N–H and O–H groups in total. The maximum absolute atomic E-state index is 13.3. The van der Waals surface area contributed by atoms with Gasteiger partial charge >= 0.3 is 0 Å². The number of benzene rings is 1. The Bertz CT molecular complexity index is 662. The number of aliphatic hydroxyl groups excluding tert-OH is 1. The van der Waals surface area contributed by atoms with Crippen LogP contribution in [0.2, 0.25) is 0 Å². The van der Waals surface area contributed by atoms with Gasteiger partial charge in [0.1, 0.15) is 0 Å². The van der Waals surface area contributed by atoms with Gasteiger partial charge in [0.25, 0.3) is 0 Å². The zero-order valence-electron chi connectivity index (χ0n) is 15.8. The molecule has 5 rings (SSSR count). The van der Waals surface area contributed by atoms with Gasteiger partial charge < -0.3 is 10.4 Å². The smallest absolute Gasteiger partial charge is 0.226 e. The number of carbonyl (C=O) groups is 1. The Morgan fingerprint density at radius 1 is 1.16 bits per heavy atom. The standard InChI is InChI=1S/C22H31NO2/c1-15-4-6-18(7-5-15)21-9-16-8-17(10-21)12-22(11-16,13-21)19(25)23-20(2,3)14-24/h4-7,16-17,24H,8-14H2,1-3H3,(H,23,25). The molecule has 0 saturated heterocycles. The van der Waals surface area contributed by atoms with Crippen molar-refractivity contribution < 1.29 is 9.90 Å². The third-order valence-electron chi connectivity index (χ3n) is 7.05. The lowest BCUT2D eigenvalue weighted by molar-refractivity contribution is -0.151. The molecule has 136 valence electrons. The summed E-state index contributed by atoms with van der Waals surface area (Å²) in [4.78, 5) is 13.3. The number of carbonyl (C=O) groups excluding carboxylic acids is 1. The molecule has 3 nitrogen and oxygen atoms in total. The molecule has 4 aliphatic carbocycles. The number of nitrogens with one attached hydrogen (secondary N) is 1. The van der Waals surface area contributed by atoms with Gasteiger partial charge in [-0.2, -0.15) is 0 Å². The molecule has 4 bridgehead atoms. The van der Waals surface area contributed by atoms with Gasteiger partial charge in [-0.1, -0.05) is 29.8 Å². The highest BCUT2D eigenvalue weighted by atomic mass is 16.3. The molecule has 0 radical (unpaired) electrons. The number of aliphatic hydroxyl groups is 1. The lowest BCUT2D eigenvalue weighted by atomic mass is 9.42. The van der Waals surface area contributed by atoms with Crippen LogP contribution in [0.5, 0.6) is 0 Å². The molecule has 0 aromatic heterocycles. The van der Waals surface area contributed by atoms with Crippen LogP contribution >= 0.6 is 0 Å². The average Bonchev–Trinajstić information content (AvgIpc) is 2.53. The van der Waals surface area contributed by atoms with Crippen LogP contribution < -0.4 is 5.32 Å². The maximum atomic E-state index is 13.3. The van der Waals surface area contributed by atoms with Gasteiger partial charge in [0.2, 0.25) is 5.91 Å². The molecule has 1 aromatic carbocycles. The van der Waals surface area contributed by atoms with Crippen LogP contribution in [0.25, 0.3) is 0 Å². The summed E-state index contributed by atoms with van der Waals surface area (Å²) < 4.78 is 0. The van der Waals surface area contributed by atoms with Crippen molar-refractivity contribution in [3.05, 3.63) is 35.4 Å². The molecule has 2 atom stereocenters. The SMILES string of the molecule is Cc1ccc(C23CC4CC(CC(C(=O)NC(C)(C)CO)(C4)C2)C3)cc1. The topological polar surface area (TPSA) is 49.3 Å². The Balaban J connectivity index is 1.67. The second-order valence-corrected chi connectivity index (χ2v) is 9.88. The fraction of sp³-hybridized carbons (Fsp3) is 0.682. The van der Waals surface area contributed by atoms with Crippen molar-refractivity contribution in [2.45, 2.75) is 70.3 Å². The lowest BCUT2D eigenvalue weighted by Gasteiger charge is -2.62. The molecule has 1 aromatic rings. The number of hydrogen-bond acceptors (Lipinski definition) is 2. The summed E-state index contributed by atoms with van der Waals surface area (Å²) in [5.74, 6) is 1.52. The molecular weight excluding hydrogens is 310 g/mol. The average molecular weight is 341 g/mol. The Kier molecular flexibility index (Phi) is 3.81. The predicted octanol–water partition coefficient (Wildman–Crippen LogP) is 3.72. The normalized spacial score (nSPS) is 36.5. The zero-order valence-corrected chi connectivity index (χ0v) is 15.8. The van der Waals surface area contributed by atoms with E-state index in [9.17, 15) is 9.90 Å². The summed E-state index contributed by atoms with van der Waals surface area (Å²) in [5.41, 5.74) is 2.13. The Hall–Kier alpha value is -1.35. The number of hydrogen-bond donors (Lipinski definition) is 2. The Morgan fingerprint density at radius 2 is 1.76 bits per heavy atom. The highest BCUT2D eigenvalue weighted by Crippen LogP contribution is 2.65. The van der Waals surface area contributed by atoms with Crippen molar-refractivity contribution in [1.82, 2.24) is 5.32 Å². The molecule has 3 heteroatoms. The van der Waals surface area contributed by atoms with Crippen LogP contribution in [0, 0.1) is 24.2 Å². The minimum absolute atomic E-state index is 0.0230. The number of rotatable bonds is 4. The first-order valence-electron chi connectivity index (χ1n) is 9.77. The monoisotopic (exact) mass is 341 g/mol. The van der Waals surface area contributed by atoms with Crippen LogP contribution in [-0.4, -0.2) is 23.2 Å². The van der Waals surface area contributed by atoms with E-state index in [1.807, 2.05) is 13.8 Å². The maximum Gasteiger partial charge on any atom is 0.226 e. The summed E-state index contributed by atoms with van der Waals surface area (Å²) >= 11 is 0. The highest BCUT2D eigenvalue weighted by molar-refractivity contribution is 5.84. The lowest BCUT2D eigenvalue weighted by Crippen LogP contribution is -2.61. The number of amides is 1. The summed E-state index contributed by atoms with van der Waals surface area (Å²) in [6.07, 6.45) is 6.82. The van der Waals surface area contributed by atoms with Crippen molar-refractivity contribution in [3.63, 3.8) is 0 Å². The summed E-state index contributed by atoms with van der Waals surface area (Å²) in [6.45, 7) is 5.92. The molecule has 25 heavy (non-hydrogen) atoms. The van der Waals surface area contributed by atoms with Crippen molar-refractivity contribution in [2.24, 2.45) is 17.3 Å². The van der Waals surface area contributed by atoms with E-state index < -0.39 is 5.54 Å². The van der Waals surface area contributed by atoms with E-state index in [-0.39, 0.29) is 23.3 Å². The van der Waals surface area contributed by atoms with Crippen LogP contribution in [0.1, 0.15) is 63.5 Å². The summed E-state index contributed by atoms with van der Waals surface area (Å²) in [6, 6.07) is 9.03.